The minimum Gasteiger partial charge on any atom is -0.337 e. The predicted molar refractivity (Wildman–Crippen MR) is 34.0 cm³/mol. The SMILES string of the molecule is CCN(CC)C(=O)C=O. The quantitative estimate of drug-likeness (QED) is 0.399. The van der Waals surface area contributed by atoms with Crippen LogP contribution in [0.2, 0.25) is 0 Å². The first-order chi connectivity index (χ1) is 4.26. The average Bonchev–Trinajstić information content (AvgIpc) is 1.90. The largest absolute Gasteiger partial charge is 0.337 e. The molecule has 1 amide bonds. The van der Waals surface area contributed by atoms with Crippen LogP contribution in [0.3, 0.4) is 0 Å². The van der Waals surface area contributed by atoms with Crippen molar-refractivity contribution in [3.05, 3.63) is 0 Å². The lowest BCUT2D eigenvalue weighted by Gasteiger charge is -2.13. The summed E-state index contributed by atoms with van der Waals surface area (Å²) in [6.45, 7) is 4.89. The molecule has 0 aromatic rings. The number of hydrogen-bond donors (Lipinski definition) is 0. The Morgan fingerprint density at radius 2 is 1.89 bits per heavy atom. The number of carbonyl (C=O) groups excluding carboxylic acids is 2. The van der Waals surface area contributed by atoms with Gasteiger partial charge in [0.15, 0.2) is 0 Å². The third kappa shape index (κ3) is 2.26. The molecule has 0 atom stereocenters. The molecule has 9 heavy (non-hydrogen) atoms. The van der Waals surface area contributed by atoms with Gasteiger partial charge in [-0.1, -0.05) is 0 Å². The van der Waals surface area contributed by atoms with Crippen molar-refractivity contribution in [1.82, 2.24) is 4.90 Å². The van der Waals surface area contributed by atoms with Gasteiger partial charge in [-0.2, -0.15) is 0 Å². The highest BCUT2D eigenvalue weighted by molar-refractivity contribution is 6.23. The maximum atomic E-state index is 10.5. The second kappa shape index (κ2) is 4.06. The molecule has 3 heteroatoms. The van der Waals surface area contributed by atoms with E-state index in [1.165, 1.54) is 4.90 Å². The molecule has 52 valence electrons. The molecule has 0 fully saturated rings. The number of aldehydes is 1. The molecule has 0 radical (unpaired) electrons. The summed E-state index contributed by atoms with van der Waals surface area (Å²) in [5.41, 5.74) is 0. The lowest BCUT2D eigenvalue weighted by Crippen LogP contribution is -2.31. The topological polar surface area (TPSA) is 37.4 Å². The minimum absolute atomic E-state index is 0.340. The molecule has 0 saturated carbocycles. The summed E-state index contributed by atoms with van der Waals surface area (Å²) in [4.78, 5) is 21.9. The molecule has 0 rings (SSSR count). The molecular formula is C6H11NO2. The fourth-order valence-electron chi connectivity index (χ4n) is 0.610. The zero-order valence-corrected chi connectivity index (χ0v) is 5.76. The number of nitrogens with zero attached hydrogens (tertiary/aromatic N) is 1. The highest BCUT2D eigenvalue weighted by Crippen LogP contribution is 1.83. The van der Waals surface area contributed by atoms with Crippen molar-refractivity contribution in [3.63, 3.8) is 0 Å². The Morgan fingerprint density at radius 1 is 1.44 bits per heavy atom. The van der Waals surface area contributed by atoms with Gasteiger partial charge in [-0.25, -0.2) is 0 Å². The summed E-state index contributed by atoms with van der Waals surface area (Å²) in [5, 5.41) is 0. The van der Waals surface area contributed by atoms with E-state index in [0.29, 0.717) is 19.4 Å². The Kier molecular flexibility index (Phi) is 3.67. The molecule has 0 unspecified atom stereocenters. The van der Waals surface area contributed by atoms with Gasteiger partial charge >= 0.3 is 0 Å². The number of amides is 1. The van der Waals surface area contributed by atoms with E-state index >= 15 is 0 Å². The lowest BCUT2D eigenvalue weighted by atomic mass is 10.5. The van der Waals surface area contributed by atoms with E-state index in [1.54, 1.807) is 0 Å². The van der Waals surface area contributed by atoms with Gasteiger partial charge in [0.2, 0.25) is 6.29 Å². The van der Waals surface area contributed by atoms with Gasteiger partial charge in [0.25, 0.3) is 5.91 Å². The fraction of sp³-hybridized carbons (Fsp3) is 0.667. The summed E-state index contributed by atoms with van der Waals surface area (Å²) in [6, 6.07) is 0. The zero-order valence-electron chi connectivity index (χ0n) is 5.76. The van der Waals surface area contributed by atoms with Crippen LogP contribution in [0, 0.1) is 0 Å². The maximum absolute atomic E-state index is 10.5. The van der Waals surface area contributed by atoms with Crippen molar-refractivity contribution in [2.45, 2.75) is 13.8 Å². The fourth-order valence-corrected chi connectivity index (χ4v) is 0.610. The normalized spacial score (nSPS) is 8.67. The first-order valence-electron chi connectivity index (χ1n) is 3.00. The van der Waals surface area contributed by atoms with E-state index in [1.807, 2.05) is 13.8 Å². The summed E-state index contributed by atoms with van der Waals surface area (Å²) >= 11 is 0. The molecule has 0 aromatic heterocycles. The van der Waals surface area contributed by atoms with E-state index in [-0.39, 0.29) is 0 Å². The van der Waals surface area contributed by atoms with E-state index in [9.17, 15) is 9.59 Å². The van der Waals surface area contributed by atoms with Gasteiger partial charge in [0.1, 0.15) is 0 Å². The average molecular weight is 129 g/mol. The van der Waals surface area contributed by atoms with Crippen LogP contribution in [0.25, 0.3) is 0 Å². The number of likely N-dealkylation sites (N-methyl/N-ethyl adjacent to an activating group) is 1. The third-order valence-corrected chi connectivity index (χ3v) is 1.18. The second-order valence-corrected chi connectivity index (χ2v) is 1.63. The molecule has 0 heterocycles. The molecule has 0 aliphatic carbocycles. The summed E-state index contributed by atoms with van der Waals surface area (Å²) in [6.07, 6.45) is 0.340. The Balaban J connectivity index is 3.78. The van der Waals surface area contributed by atoms with Crippen molar-refractivity contribution in [3.8, 4) is 0 Å². The molecule has 0 N–H and O–H groups in total. The van der Waals surface area contributed by atoms with Crippen molar-refractivity contribution >= 4 is 12.2 Å². The van der Waals surface area contributed by atoms with Gasteiger partial charge in [0, 0.05) is 13.1 Å². The van der Waals surface area contributed by atoms with Crippen molar-refractivity contribution in [2.24, 2.45) is 0 Å². The van der Waals surface area contributed by atoms with Crippen LogP contribution in [0.4, 0.5) is 0 Å². The van der Waals surface area contributed by atoms with Crippen molar-refractivity contribution in [2.75, 3.05) is 13.1 Å². The molecule has 3 nitrogen and oxygen atoms in total. The first-order valence-corrected chi connectivity index (χ1v) is 3.00. The Bertz CT molecular complexity index is 108. The zero-order chi connectivity index (χ0) is 7.28. The van der Waals surface area contributed by atoms with Gasteiger partial charge in [-0.05, 0) is 13.8 Å². The number of rotatable bonds is 3. The van der Waals surface area contributed by atoms with Crippen LogP contribution in [0.1, 0.15) is 13.8 Å². The monoisotopic (exact) mass is 129 g/mol. The summed E-state index contributed by atoms with van der Waals surface area (Å²) < 4.78 is 0. The molecule has 0 bridgehead atoms. The van der Waals surface area contributed by atoms with E-state index in [2.05, 4.69) is 0 Å². The molecule has 0 aromatic carbocycles. The van der Waals surface area contributed by atoms with Crippen LogP contribution >= 0.6 is 0 Å². The maximum Gasteiger partial charge on any atom is 0.286 e. The van der Waals surface area contributed by atoms with Gasteiger partial charge in [-0.3, -0.25) is 9.59 Å². The van der Waals surface area contributed by atoms with Crippen LogP contribution < -0.4 is 0 Å². The van der Waals surface area contributed by atoms with Crippen molar-refractivity contribution in [1.29, 1.82) is 0 Å². The Hall–Kier alpha value is -0.860. The van der Waals surface area contributed by atoms with Crippen LogP contribution in [0.5, 0.6) is 0 Å². The smallest absolute Gasteiger partial charge is 0.286 e. The van der Waals surface area contributed by atoms with Crippen LogP contribution in [0.15, 0.2) is 0 Å². The first kappa shape index (κ1) is 8.14. The second-order valence-electron chi connectivity index (χ2n) is 1.63. The van der Waals surface area contributed by atoms with Crippen molar-refractivity contribution < 1.29 is 9.59 Å². The molecule has 0 aliphatic rings. The molecule has 0 aliphatic heterocycles. The predicted octanol–water partition coefficient (Wildman–Crippen LogP) is 0.0537. The number of hydrogen-bond acceptors (Lipinski definition) is 2. The minimum atomic E-state index is -0.431. The summed E-state index contributed by atoms with van der Waals surface area (Å²) in [7, 11) is 0. The number of carbonyl (C=O) groups is 2. The third-order valence-electron chi connectivity index (χ3n) is 1.18. The molecule has 0 spiro atoms. The molecular weight excluding hydrogens is 118 g/mol. The lowest BCUT2D eigenvalue weighted by molar-refractivity contribution is -0.138. The van der Waals surface area contributed by atoms with Crippen LogP contribution in [-0.4, -0.2) is 30.2 Å². The molecule has 0 saturated heterocycles. The van der Waals surface area contributed by atoms with Gasteiger partial charge in [-0.15, -0.1) is 0 Å². The van der Waals surface area contributed by atoms with E-state index in [0.717, 1.165) is 0 Å². The van der Waals surface area contributed by atoms with Crippen LogP contribution in [-0.2, 0) is 9.59 Å². The Labute approximate surface area is 54.6 Å². The summed E-state index contributed by atoms with van der Waals surface area (Å²) in [5.74, 6) is -0.431. The van der Waals surface area contributed by atoms with Gasteiger partial charge in [0.05, 0.1) is 0 Å². The van der Waals surface area contributed by atoms with E-state index in [4.69, 9.17) is 0 Å². The highest BCUT2D eigenvalue weighted by Gasteiger charge is 2.05. The van der Waals surface area contributed by atoms with Gasteiger partial charge < -0.3 is 4.90 Å². The standard InChI is InChI=1S/C6H11NO2/c1-3-7(4-2)6(9)5-8/h5H,3-4H2,1-2H3. The Morgan fingerprint density at radius 3 is 2.00 bits per heavy atom. The van der Waals surface area contributed by atoms with E-state index < -0.39 is 5.91 Å². The highest BCUT2D eigenvalue weighted by atomic mass is 16.2.